The van der Waals surface area contributed by atoms with Gasteiger partial charge in [0, 0.05) is 26.2 Å². The molecule has 1 aromatic heterocycles. The summed E-state index contributed by atoms with van der Waals surface area (Å²) in [6.07, 6.45) is 1.13. The molecule has 0 bridgehead atoms. The maximum Gasteiger partial charge on any atom is 0.357 e. The summed E-state index contributed by atoms with van der Waals surface area (Å²) in [6.45, 7) is 2.42. The Labute approximate surface area is 120 Å². The van der Waals surface area contributed by atoms with Gasteiger partial charge in [0.2, 0.25) is 0 Å². The molecule has 1 N–H and O–H groups in total. The number of carboxylic acid groups (broad SMARTS) is 1. The van der Waals surface area contributed by atoms with Gasteiger partial charge in [-0.3, -0.25) is 0 Å². The number of oxazole rings is 1. The molecule has 0 spiro atoms. The van der Waals surface area contributed by atoms with Crippen LogP contribution < -0.4 is 9.80 Å². The number of carboxylic acids is 1. The van der Waals surface area contributed by atoms with Crippen molar-refractivity contribution < 1.29 is 18.7 Å². The van der Waals surface area contributed by atoms with Gasteiger partial charge in [0.15, 0.2) is 5.69 Å². The quantitative estimate of drug-likeness (QED) is 0.930. The zero-order valence-corrected chi connectivity index (χ0v) is 11.2. The fraction of sp³-hybridized carbons (Fsp3) is 0.286. The summed E-state index contributed by atoms with van der Waals surface area (Å²) in [6, 6.07) is 6.95. The Bertz CT molecular complexity index is 650. The lowest BCUT2D eigenvalue weighted by Crippen LogP contribution is -2.47. The van der Waals surface area contributed by atoms with Crippen LogP contribution in [0.5, 0.6) is 0 Å². The largest absolute Gasteiger partial charge is 0.476 e. The van der Waals surface area contributed by atoms with Gasteiger partial charge >= 0.3 is 5.97 Å². The van der Waals surface area contributed by atoms with Crippen molar-refractivity contribution in [2.24, 2.45) is 0 Å². The number of piperazine rings is 1. The van der Waals surface area contributed by atoms with Crippen LogP contribution in [0.1, 0.15) is 10.5 Å². The molecule has 0 amide bonds. The van der Waals surface area contributed by atoms with E-state index in [9.17, 15) is 9.18 Å². The molecule has 1 aromatic carbocycles. The van der Waals surface area contributed by atoms with Crippen LogP contribution in [0.4, 0.5) is 16.1 Å². The molecule has 21 heavy (non-hydrogen) atoms. The normalized spacial score (nSPS) is 15.3. The highest BCUT2D eigenvalue weighted by Gasteiger charge is 2.23. The fourth-order valence-electron chi connectivity index (χ4n) is 2.35. The van der Waals surface area contributed by atoms with E-state index in [-0.39, 0.29) is 11.5 Å². The van der Waals surface area contributed by atoms with Crippen LogP contribution in [0.2, 0.25) is 0 Å². The molecule has 110 valence electrons. The molecule has 1 saturated heterocycles. The molecule has 7 heteroatoms. The van der Waals surface area contributed by atoms with Crippen LogP contribution in [0, 0.1) is 5.82 Å². The third-order valence-corrected chi connectivity index (χ3v) is 3.45. The minimum Gasteiger partial charge on any atom is -0.476 e. The van der Waals surface area contributed by atoms with E-state index >= 15 is 0 Å². The van der Waals surface area contributed by atoms with Gasteiger partial charge in [-0.2, -0.15) is 4.98 Å². The summed E-state index contributed by atoms with van der Waals surface area (Å²) in [5, 5.41) is 8.83. The molecular formula is C14H14FN3O3. The molecule has 1 fully saturated rings. The van der Waals surface area contributed by atoms with Crippen molar-refractivity contribution in [2.45, 2.75) is 0 Å². The second-order valence-electron chi connectivity index (χ2n) is 4.75. The van der Waals surface area contributed by atoms with E-state index in [1.54, 1.807) is 18.2 Å². The molecule has 0 radical (unpaired) electrons. The Balaban J connectivity index is 1.67. The average Bonchev–Trinajstić information content (AvgIpc) is 2.98. The highest BCUT2D eigenvalue weighted by atomic mass is 19.1. The first-order valence-electron chi connectivity index (χ1n) is 6.58. The maximum atomic E-state index is 13.7. The number of anilines is 2. The molecule has 6 nitrogen and oxygen atoms in total. The Hall–Kier alpha value is -2.57. The summed E-state index contributed by atoms with van der Waals surface area (Å²) in [4.78, 5) is 18.5. The summed E-state index contributed by atoms with van der Waals surface area (Å²) in [5.41, 5.74) is 0.470. The minimum absolute atomic E-state index is 0.110. The van der Waals surface area contributed by atoms with E-state index in [0.29, 0.717) is 37.9 Å². The number of hydrogen-bond donors (Lipinski definition) is 1. The van der Waals surface area contributed by atoms with Crippen molar-refractivity contribution in [1.82, 2.24) is 4.98 Å². The zero-order valence-electron chi connectivity index (χ0n) is 11.2. The molecule has 2 aromatic rings. The van der Waals surface area contributed by atoms with Gasteiger partial charge in [0.05, 0.1) is 5.69 Å². The number of benzene rings is 1. The van der Waals surface area contributed by atoms with Crippen molar-refractivity contribution in [3.05, 3.63) is 42.0 Å². The molecule has 1 aliphatic heterocycles. The Morgan fingerprint density at radius 1 is 1.19 bits per heavy atom. The van der Waals surface area contributed by atoms with Crippen molar-refractivity contribution in [3.8, 4) is 0 Å². The zero-order chi connectivity index (χ0) is 14.8. The maximum absolute atomic E-state index is 13.7. The standard InChI is InChI=1S/C14H14FN3O3/c15-10-3-1-2-4-12(10)17-5-7-18(8-6-17)14-16-11(9-21-14)13(19)20/h1-4,9H,5-8H2,(H,19,20). The van der Waals surface area contributed by atoms with Gasteiger partial charge in [-0.15, -0.1) is 0 Å². The van der Waals surface area contributed by atoms with Gasteiger partial charge in [-0.05, 0) is 12.1 Å². The lowest BCUT2D eigenvalue weighted by Gasteiger charge is -2.35. The smallest absolute Gasteiger partial charge is 0.357 e. The number of para-hydroxylation sites is 1. The second-order valence-corrected chi connectivity index (χ2v) is 4.75. The van der Waals surface area contributed by atoms with E-state index < -0.39 is 5.97 Å². The van der Waals surface area contributed by atoms with E-state index in [1.807, 2.05) is 9.80 Å². The molecule has 2 heterocycles. The molecule has 1 aliphatic rings. The van der Waals surface area contributed by atoms with Crippen LogP contribution >= 0.6 is 0 Å². The number of aromatic carboxylic acids is 1. The lowest BCUT2D eigenvalue weighted by molar-refractivity contribution is 0.0690. The van der Waals surface area contributed by atoms with E-state index in [1.165, 1.54) is 6.07 Å². The number of nitrogens with zero attached hydrogens (tertiary/aromatic N) is 3. The third-order valence-electron chi connectivity index (χ3n) is 3.45. The van der Waals surface area contributed by atoms with Gasteiger partial charge in [0.25, 0.3) is 6.01 Å². The molecule has 0 unspecified atom stereocenters. The average molecular weight is 291 g/mol. The number of aromatic nitrogens is 1. The third kappa shape index (κ3) is 2.67. The van der Waals surface area contributed by atoms with Crippen LogP contribution in [-0.2, 0) is 0 Å². The lowest BCUT2D eigenvalue weighted by atomic mass is 10.2. The van der Waals surface area contributed by atoms with Crippen LogP contribution in [0.25, 0.3) is 0 Å². The first-order valence-corrected chi connectivity index (χ1v) is 6.58. The number of rotatable bonds is 3. The SMILES string of the molecule is O=C(O)c1coc(N2CCN(c3ccccc3F)CC2)n1. The van der Waals surface area contributed by atoms with Gasteiger partial charge < -0.3 is 19.3 Å². The molecule has 0 atom stereocenters. The monoisotopic (exact) mass is 291 g/mol. The Morgan fingerprint density at radius 3 is 2.48 bits per heavy atom. The fourth-order valence-corrected chi connectivity index (χ4v) is 2.35. The molecule has 3 rings (SSSR count). The van der Waals surface area contributed by atoms with Crippen molar-refractivity contribution in [2.75, 3.05) is 36.0 Å². The summed E-state index contributed by atoms with van der Waals surface area (Å²) >= 11 is 0. The molecular weight excluding hydrogens is 277 g/mol. The molecule has 0 aliphatic carbocycles. The predicted octanol–water partition coefficient (Wildman–Crippen LogP) is 1.84. The van der Waals surface area contributed by atoms with E-state index in [0.717, 1.165) is 6.26 Å². The van der Waals surface area contributed by atoms with Crippen LogP contribution in [0.3, 0.4) is 0 Å². The Kier molecular flexibility index (Phi) is 3.47. The first kappa shape index (κ1) is 13.4. The highest BCUT2D eigenvalue weighted by Crippen LogP contribution is 2.22. The van der Waals surface area contributed by atoms with E-state index in [4.69, 9.17) is 9.52 Å². The van der Waals surface area contributed by atoms with Gasteiger partial charge in [-0.1, -0.05) is 12.1 Å². The summed E-state index contributed by atoms with van der Waals surface area (Å²) < 4.78 is 18.9. The first-order chi connectivity index (χ1) is 10.1. The van der Waals surface area contributed by atoms with Gasteiger partial charge in [0.1, 0.15) is 12.1 Å². The second kappa shape index (κ2) is 5.43. The number of carbonyl (C=O) groups is 1. The minimum atomic E-state index is -1.12. The number of hydrogen-bond acceptors (Lipinski definition) is 5. The van der Waals surface area contributed by atoms with Crippen molar-refractivity contribution in [1.29, 1.82) is 0 Å². The van der Waals surface area contributed by atoms with Gasteiger partial charge in [-0.25, -0.2) is 9.18 Å². The summed E-state index contributed by atoms with van der Waals surface area (Å²) in [5.74, 6) is -1.36. The Morgan fingerprint density at radius 2 is 1.86 bits per heavy atom. The summed E-state index contributed by atoms with van der Waals surface area (Å²) in [7, 11) is 0. The van der Waals surface area contributed by atoms with E-state index in [2.05, 4.69) is 4.98 Å². The predicted molar refractivity (Wildman–Crippen MR) is 74.3 cm³/mol. The highest BCUT2D eigenvalue weighted by molar-refractivity contribution is 5.85. The topological polar surface area (TPSA) is 69.8 Å². The molecule has 0 saturated carbocycles. The van der Waals surface area contributed by atoms with Crippen LogP contribution in [0.15, 0.2) is 34.9 Å². The number of halogens is 1. The van der Waals surface area contributed by atoms with Crippen molar-refractivity contribution in [3.63, 3.8) is 0 Å². The van der Waals surface area contributed by atoms with Crippen molar-refractivity contribution >= 4 is 17.7 Å². The van der Waals surface area contributed by atoms with Crippen LogP contribution in [-0.4, -0.2) is 42.2 Å².